The zero-order chi connectivity index (χ0) is 17.2. The molecule has 3 heterocycles. The van der Waals surface area contributed by atoms with Gasteiger partial charge in [0.05, 0.1) is 18.8 Å². The predicted molar refractivity (Wildman–Crippen MR) is 94.9 cm³/mol. The van der Waals surface area contributed by atoms with Crippen LogP contribution in [0.1, 0.15) is 30.1 Å². The predicted octanol–water partition coefficient (Wildman–Crippen LogP) is 3.21. The molecule has 0 spiro atoms. The van der Waals surface area contributed by atoms with Crippen LogP contribution in [0, 0.1) is 13.8 Å². The number of likely N-dealkylation sites (tertiary alicyclic amines) is 1. The molecule has 1 aliphatic rings. The summed E-state index contributed by atoms with van der Waals surface area (Å²) in [6, 6.07) is 12.5. The fourth-order valence-corrected chi connectivity index (χ4v) is 3.56. The Morgan fingerprint density at radius 1 is 1.16 bits per heavy atom. The molecule has 0 bridgehead atoms. The standard InChI is InChI=1S/C19H23N5O/c1-14-11-15(2)24(22-14)12-17-9-6-10-23(17)13-18-20-21-19(25-18)16-7-4-3-5-8-16/h3-5,7-8,11,17H,6,9-10,12-13H2,1-2H3/t17-/m1/s1. The summed E-state index contributed by atoms with van der Waals surface area (Å²) in [6.07, 6.45) is 2.38. The van der Waals surface area contributed by atoms with Crippen molar-refractivity contribution >= 4 is 0 Å². The van der Waals surface area contributed by atoms with Gasteiger partial charge in [0.25, 0.3) is 0 Å². The maximum atomic E-state index is 5.87. The van der Waals surface area contributed by atoms with Crippen molar-refractivity contribution in [3.63, 3.8) is 0 Å². The van der Waals surface area contributed by atoms with E-state index in [4.69, 9.17) is 4.42 Å². The van der Waals surface area contributed by atoms with Crippen LogP contribution in [-0.2, 0) is 13.1 Å². The van der Waals surface area contributed by atoms with Gasteiger partial charge in [-0.05, 0) is 51.4 Å². The lowest BCUT2D eigenvalue weighted by atomic mass is 10.2. The van der Waals surface area contributed by atoms with Crippen LogP contribution < -0.4 is 0 Å². The second-order valence-electron chi connectivity index (χ2n) is 6.74. The second kappa shape index (κ2) is 6.80. The Kier molecular flexibility index (Phi) is 4.36. The maximum absolute atomic E-state index is 5.87. The first kappa shape index (κ1) is 16.0. The van der Waals surface area contributed by atoms with E-state index in [9.17, 15) is 0 Å². The minimum atomic E-state index is 0.463. The van der Waals surface area contributed by atoms with Crippen LogP contribution in [0.3, 0.4) is 0 Å². The molecule has 1 aliphatic heterocycles. The lowest BCUT2D eigenvalue weighted by Gasteiger charge is -2.23. The van der Waals surface area contributed by atoms with E-state index in [1.165, 1.54) is 18.5 Å². The molecule has 1 fully saturated rings. The highest BCUT2D eigenvalue weighted by Crippen LogP contribution is 2.23. The normalized spacial score (nSPS) is 18.1. The van der Waals surface area contributed by atoms with Gasteiger partial charge in [0, 0.05) is 17.3 Å². The van der Waals surface area contributed by atoms with Crippen LogP contribution in [0.5, 0.6) is 0 Å². The van der Waals surface area contributed by atoms with Gasteiger partial charge < -0.3 is 4.42 Å². The molecule has 3 aromatic rings. The monoisotopic (exact) mass is 337 g/mol. The third kappa shape index (κ3) is 3.49. The van der Waals surface area contributed by atoms with E-state index in [0.29, 0.717) is 24.4 Å². The summed E-state index contributed by atoms with van der Waals surface area (Å²) in [5.41, 5.74) is 3.25. The highest BCUT2D eigenvalue weighted by Gasteiger charge is 2.27. The summed E-state index contributed by atoms with van der Waals surface area (Å²) in [5.74, 6) is 1.27. The molecule has 0 radical (unpaired) electrons. The van der Waals surface area contributed by atoms with Crippen LogP contribution in [-0.4, -0.2) is 37.5 Å². The number of rotatable bonds is 5. The Bertz CT molecular complexity index is 839. The molecule has 130 valence electrons. The van der Waals surface area contributed by atoms with Crippen molar-refractivity contribution < 1.29 is 4.42 Å². The quantitative estimate of drug-likeness (QED) is 0.715. The van der Waals surface area contributed by atoms with Gasteiger partial charge in [-0.3, -0.25) is 9.58 Å². The van der Waals surface area contributed by atoms with Crippen molar-refractivity contribution in [1.29, 1.82) is 0 Å². The number of nitrogens with zero attached hydrogens (tertiary/aromatic N) is 5. The third-order valence-electron chi connectivity index (χ3n) is 4.81. The highest BCUT2D eigenvalue weighted by molar-refractivity contribution is 5.51. The van der Waals surface area contributed by atoms with Gasteiger partial charge in [0.1, 0.15) is 0 Å². The summed E-state index contributed by atoms with van der Waals surface area (Å²) in [4.78, 5) is 2.43. The summed E-state index contributed by atoms with van der Waals surface area (Å²) in [6.45, 7) is 6.83. The maximum Gasteiger partial charge on any atom is 0.247 e. The SMILES string of the molecule is Cc1cc(C)n(C[C@H]2CCCN2Cc2nnc(-c3ccccc3)o2)n1. The van der Waals surface area contributed by atoms with Crippen molar-refractivity contribution in [2.45, 2.75) is 45.8 Å². The van der Waals surface area contributed by atoms with Gasteiger partial charge in [0.2, 0.25) is 11.8 Å². The molecule has 25 heavy (non-hydrogen) atoms. The first-order valence-corrected chi connectivity index (χ1v) is 8.82. The van der Waals surface area contributed by atoms with E-state index < -0.39 is 0 Å². The minimum absolute atomic E-state index is 0.463. The van der Waals surface area contributed by atoms with E-state index in [1.807, 2.05) is 37.3 Å². The summed E-state index contributed by atoms with van der Waals surface area (Å²) in [5, 5.41) is 13.0. The average molecular weight is 337 g/mol. The molecule has 0 saturated carbocycles. The third-order valence-corrected chi connectivity index (χ3v) is 4.81. The molecule has 0 N–H and O–H groups in total. The Balaban J connectivity index is 1.45. The number of aromatic nitrogens is 4. The summed E-state index contributed by atoms with van der Waals surface area (Å²) >= 11 is 0. The number of aryl methyl sites for hydroxylation is 2. The Morgan fingerprint density at radius 2 is 2.00 bits per heavy atom. The van der Waals surface area contributed by atoms with Crippen molar-refractivity contribution in [2.75, 3.05) is 6.54 Å². The first-order chi connectivity index (χ1) is 12.2. The van der Waals surface area contributed by atoms with Gasteiger partial charge in [-0.1, -0.05) is 18.2 Å². The van der Waals surface area contributed by atoms with Gasteiger partial charge in [-0.2, -0.15) is 5.10 Å². The average Bonchev–Trinajstić information content (AvgIpc) is 3.32. The molecule has 4 rings (SSSR count). The van der Waals surface area contributed by atoms with Gasteiger partial charge >= 0.3 is 0 Å². The van der Waals surface area contributed by atoms with Gasteiger partial charge in [-0.25, -0.2) is 0 Å². The van der Waals surface area contributed by atoms with Crippen molar-refractivity contribution in [3.05, 3.63) is 53.7 Å². The lowest BCUT2D eigenvalue weighted by Crippen LogP contribution is -2.33. The van der Waals surface area contributed by atoms with Crippen LogP contribution in [0.25, 0.3) is 11.5 Å². The highest BCUT2D eigenvalue weighted by atomic mass is 16.4. The molecule has 2 aromatic heterocycles. The number of benzene rings is 1. The fourth-order valence-electron chi connectivity index (χ4n) is 3.56. The molecular formula is C19H23N5O. The van der Waals surface area contributed by atoms with Crippen molar-refractivity contribution in [1.82, 2.24) is 24.9 Å². The summed E-state index contributed by atoms with van der Waals surface area (Å²) < 4.78 is 7.98. The van der Waals surface area contributed by atoms with E-state index in [-0.39, 0.29) is 0 Å². The van der Waals surface area contributed by atoms with E-state index in [1.54, 1.807) is 0 Å². The molecule has 0 amide bonds. The Hall–Kier alpha value is -2.47. The number of hydrogen-bond donors (Lipinski definition) is 0. The summed E-state index contributed by atoms with van der Waals surface area (Å²) in [7, 11) is 0. The molecule has 1 aromatic carbocycles. The number of hydrogen-bond acceptors (Lipinski definition) is 5. The molecule has 0 aliphatic carbocycles. The zero-order valence-corrected chi connectivity index (χ0v) is 14.7. The lowest BCUT2D eigenvalue weighted by molar-refractivity contribution is 0.199. The van der Waals surface area contributed by atoms with Crippen molar-refractivity contribution in [2.24, 2.45) is 0 Å². The van der Waals surface area contributed by atoms with E-state index >= 15 is 0 Å². The molecular weight excluding hydrogens is 314 g/mol. The van der Waals surface area contributed by atoms with Gasteiger partial charge in [-0.15, -0.1) is 10.2 Å². The Labute approximate surface area is 147 Å². The minimum Gasteiger partial charge on any atom is -0.419 e. The largest absolute Gasteiger partial charge is 0.419 e. The van der Waals surface area contributed by atoms with Gasteiger partial charge in [0.15, 0.2) is 0 Å². The van der Waals surface area contributed by atoms with E-state index in [2.05, 4.69) is 37.9 Å². The molecule has 0 unspecified atom stereocenters. The smallest absolute Gasteiger partial charge is 0.247 e. The van der Waals surface area contributed by atoms with Crippen LogP contribution in [0.4, 0.5) is 0 Å². The topological polar surface area (TPSA) is 60.0 Å². The molecule has 6 nitrogen and oxygen atoms in total. The molecule has 6 heteroatoms. The van der Waals surface area contributed by atoms with Crippen LogP contribution in [0.15, 0.2) is 40.8 Å². The molecule has 1 atom stereocenters. The zero-order valence-electron chi connectivity index (χ0n) is 14.7. The van der Waals surface area contributed by atoms with Crippen LogP contribution in [0.2, 0.25) is 0 Å². The fraction of sp³-hybridized carbons (Fsp3) is 0.421. The van der Waals surface area contributed by atoms with E-state index in [0.717, 1.165) is 24.3 Å². The second-order valence-corrected chi connectivity index (χ2v) is 6.74. The van der Waals surface area contributed by atoms with Crippen molar-refractivity contribution in [3.8, 4) is 11.5 Å². The Morgan fingerprint density at radius 3 is 2.76 bits per heavy atom. The molecule has 1 saturated heterocycles. The first-order valence-electron chi connectivity index (χ1n) is 8.82. The van der Waals surface area contributed by atoms with Crippen LogP contribution >= 0.6 is 0 Å².